The van der Waals surface area contributed by atoms with Crippen LogP contribution in [-0.4, -0.2) is 33.7 Å². The lowest BCUT2D eigenvalue weighted by Crippen LogP contribution is -2.32. The highest BCUT2D eigenvalue weighted by atomic mass is 32.2. The van der Waals surface area contributed by atoms with Crippen LogP contribution in [0.4, 0.5) is 0 Å². The fraction of sp³-hybridized carbons (Fsp3) is 0.750. The molecule has 0 fully saturated rings. The van der Waals surface area contributed by atoms with Gasteiger partial charge in [-0.05, 0) is 20.8 Å². The van der Waals surface area contributed by atoms with Crippen LogP contribution < -0.4 is 0 Å². The summed E-state index contributed by atoms with van der Waals surface area (Å²) in [4.78, 5) is 3.74. The Morgan fingerprint density at radius 3 is 2.43 bits per heavy atom. The van der Waals surface area contributed by atoms with E-state index < -0.39 is 14.6 Å². The summed E-state index contributed by atoms with van der Waals surface area (Å²) in [6, 6.07) is 0. The van der Waals surface area contributed by atoms with Crippen molar-refractivity contribution in [2.24, 2.45) is 0 Å². The maximum absolute atomic E-state index is 11.7. The molecule has 1 aromatic rings. The number of aryl methyl sites for hydroxylation is 1. The number of hydrogen-bond donors (Lipinski definition) is 0. The molecule has 0 aliphatic rings. The minimum absolute atomic E-state index is 0.0971. The minimum Gasteiger partial charge on any atom is -0.252 e. The van der Waals surface area contributed by atoms with Gasteiger partial charge in [0.15, 0.2) is 9.84 Å². The van der Waals surface area contributed by atoms with Crippen molar-refractivity contribution in [3.05, 3.63) is 12.7 Å². The van der Waals surface area contributed by atoms with Gasteiger partial charge in [0.05, 0.1) is 17.0 Å². The Labute approximate surface area is 84.1 Å². The molecule has 0 N–H and O–H groups in total. The largest absolute Gasteiger partial charge is 0.252 e. The molecular formula is C8H15N3O2S. The molecule has 0 spiro atoms. The Morgan fingerprint density at radius 2 is 2.00 bits per heavy atom. The van der Waals surface area contributed by atoms with E-state index in [-0.39, 0.29) is 5.75 Å². The predicted octanol–water partition coefficient (Wildman–Crippen LogP) is 0.491. The number of nitrogens with zero attached hydrogens (tertiary/aromatic N) is 3. The molecule has 1 aromatic heterocycles. The molecule has 5 nitrogen and oxygen atoms in total. The third-order valence-corrected chi connectivity index (χ3v) is 4.57. The van der Waals surface area contributed by atoms with Crippen LogP contribution in [-0.2, 0) is 16.4 Å². The van der Waals surface area contributed by atoms with Crippen molar-refractivity contribution in [2.75, 3.05) is 5.75 Å². The highest BCUT2D eigenvalue weighted by Crippen LogP contribution is 2.15. The van der Waals surface area contributed by atoms with E-state index in [0.717, 1.165) is 0 Å². The second kappa shape index (κ2) is 3.68. The third-order valence-electron chi connectivity index (χ3n) is 1.99. The average molecular weight is 217 g/mol. The summed E-state index contributed by atoms with van der Waals surface area (Å²) in [5, 5.41) is 3.84. The Kier molecular flexibility index (Phi) is 2.94. The number of rotatable bonds is 3. The molecule has 0 aliphatic carbocycles. The lowest BCUT2D eigenvalue weighted by molar-refractivity contribution is 0.548. The molecule has 80 valence electrons. The summed E-state index contributed by atoms with van der Waals surface area (Å²) in [5.41, 5.74) is 0. The zero-order valence-electron chi connectivity index (χ0n) is 8.64. The number of sulfone groups is 1. The van der Waals surface area contributed by atoms with Gasteiger partial charge in [-0.25, -0.2) is 13.4 Å². The van der Waals surface area contributed by atoms with Crippen LogP contribution in [0.15, 0.2) is 12.7 Å². The summed E-state index contributed by atoms with van der Waals surface area (Å²) >= 11 is 0. The van der Waals surface area contributed by atoms with Crippen molar-refractivity contribution in [3.63, 3.8) is 0 Å². The van der Waals surface area contributed by atoms with Crippen LogP contribution in [0.25, 0.3) is 0 Å². The van der Waals surface area contributed by atoms with Crippen molar-refractivity contribution in [3.8, 4) is 0 Å². The normalized spacial score (nSPS) is 13.1. The smallest absolute Gasteiger partial charge is 0.157 e. The molecule has 0 unspecified atom stereocenters. The lowest BCUT2D eigenvalue weighted by Gasteiger charge is -2.18. The highest BCUT2D eigenvalue weighted by molar-refractivity contribution is 7.92. The van der Waals surface area contributed by atoms with Crippen LogP contribution in [0.5, 0.6) is 0 Å². The van der Waals surface area contributed by atoms with E-state index in [2.05, 4.69) is 10.1 Å². The Bertz CT molecular complexity index is 375. The second-order valence-corrected chi connectivity index (χ2v) is 6.95. The fourth-order valence-electron chi connectivity index (χ4n) is 0.868. The maximum atomic E-state index is 11.7. The summed E-state index contributed by atoms with van der Waals surface area (Å²) in [7, 11) is -3.06. The van der Waals surface area contributed by atoms with Crippen LogP contribution in [0.3, 0.4) is 0 Å². The molecule has 0 bridgehead atoms. The van der Waals surface area contributed by atoms with E-state index in [1.54, 1.807) is 20.8 Å². The highest BCUT2D eigenvalue weighted by Gasteiger charge is 2.28. The lowest BCUT2D eigenvalue weighted by atomic mass is 10.3. The van der Waals surface area contributed by atoms with Crippen LogP contribution in [0.1, 0.15) is 20.8 Å². The minimum atomic E-state index is -3.06. The first kappa shape index (κ1) is 11.2. The molecule has 0 amide bonds. The molecule has 0 radical (unpaired) electrons. The van der Waals surface area contributed by atoms with Gasteiger partial charge >= 0.3 is 0 Å². The van der Waals surface area contributed by atoms with Crippen molar-refractivity contribution in [1.29, 1.82) is 0 Å². The number of hydrogen-bond acceptors (Lipinski definition) is 4. The molecule has 1 rings (SSSR count). The average Bonchev–Trinajstić information content (AvgIpc) is 2.50. The predicted molar refractivity (Wildman–Crippen MR) is 53.6 cm³/mol. The van der Waals surface area contributed by atoms with Crippen LogP contribution in [0, 0.1) is 0 Å². The van der Waals surface area contributed by atoms with Gasteiger partial charge in [0.1, 0.15) is 12.7 Å². The van der Waals surface area contributed by atoms with Gasteiger partial charge in [-0.1, -0.05) is 0 Å². The van der Waals surface area contributed by atoms with Crippen molar-refractivity contribution >= 4 is 9.84 Å². The van der Waals surface area contributed by atoms with E-state index in [0.29, 0.717) is 6.54 Å². The quantitative estimate of drug-likeness (QED) is 0.739. The SMILES string of the molecule is CC(C)(C)S(=O)(=O)CCn1cncn1. The van der Waals surface area contributed by atoms with Gasteiger partial charge in [-0.15, -0.1) is 0 Å². The molecule has 0 atom stereocenters. The summed E-state index contributed by atoms with van der Waals surface area (Å²) in [6.45, 7) is 5.45. The van der Waals surface area contributed by atoms with E-state index in [9.17, 15) is 8.42 Å². The van der Waals surface area contributed by atoms with Crippen molar-refractivity contribution in [1.82, 2.24) is 14.8 Å². The molecule has 1 heterocycles. The van der Waals surface area contributed by atoms with Crippen molar-refractivity contribution in [2.45, 2.75) is 32.1 Å². The third kappa shape index (κ3) is 2.54. The van der Waals surface area contributed by atoms with Gasteiger partial charge < -0.3 is 0 Å². The summed E-state index contributed by atoms with van der Waals surface area (Å²) in [5.74, 6) is 0.0971. The van der Waals surface area contributed by atoms with Gasteiger partial charge in [0, 0.05) is 0 Å². The molecule has 0 saturated heterocycles. The van der Waals surface area contributed by atoms with E-state index >= 15 is 0 Å². The van der Waals surface area contributed by atoms with Crippen LogP contribution >= 0.6 is 0 Å². The van der Waals surface area contributed by atoms with E-state index in [4.69, 9.17) is 0 Å². The molecule has 14 heavy (non-hydrogen) atoms. The summed E-state index contributed by atoms with van der Waals surface area (Å²) in [6.07, 6.45) is 2.90. The standard InChI is InChI=1S/C8H15N3O2S/c1-8(2,3)14(12,13)5-4-11-7-9-6-10-11/h6-7H,4-5H2,1-3H3. The first-order valence-corrected chi connectivity index (χ1v) is 6.03. The Hall–Kier alpha value is -0.910. The van der Waals surface area contributed by atoms with Gasteiger partial charge in [-0.2, -0.15) is 5.10 Å². The zero-order chi connectivity index (χ0) is 10.8. The second-order valence-electron chi connectivity index (χ2n) is 4.09. The van der Waals surface area contributed by atoms with Gasteiger partial charge in [-0.3, -0.25) is 4.68 Å². The monoisotopic (exact) mass is 217 g/mol. The molecule has 0 saturated carbocycles. The van der Waals surface area contributed by atoms with E-state index in [1.807, 2.05) is 0 Å². The Balaban J connectivity index is 2.63. The fourth-order valence-corrected chi connectivity index (χ4v) is 1.91. The van der Waals surface area contributed by atoms with E-state index in [1.165, 1.54) is 17.3 Å². The van der Waals surface area contributed by atoms with Crippen molar-refractivity contribution < 1.29 is 8.42 Å². The zero-order valence-corrected chi connectivity index (χ0v) is 9.45. The van der Waals surface area contributed by atoms with Gasteiger partial charge in [0.2, 0.25) is 0 Å². The molecular weight excluding hydrogens is 202 g/mol. The maximum Gasteiger partial charge on any atom is 0.157 e. The summed E-state index contributed by atoms with van der Waals surface area (Å²) < 4.78 is 24.2. The molecule has 0 aliphatic heterocycles. The first-order valence-electron chi connectivity index (χ1n) is 4.38. The molecule has 6 heteroatoms. The van der Waals surface area contributed by atoms with Gasteiger partial charge in [0.25, 0.3) is 0 Å². The van der Waals surface area contributed by atoms with Crippen LogP contribution in [0.2, 0.25) is 0 Å². The number of aromatic nitrogens is 3. The first-order chi connectivity index (χ1) is 6.33. The molecule has 0 aromatic carbocycles. The Morgan fingerprint density at radius 1 is 1.36 bits per heavy atom. The topological polar surface area (TPSA) is 64.8 Å².